The van der Waals surface area contributed by atoms with Crippen molar-refractivity contribution >= 4 is 11.8 Å². The quantitative estimate of drug-likeness (QED) is 0.492. The maximum atomic E-state index is 12.4. The lowest BCUT2D eigenvalue weighted by Crippen LogP contribution is -2.41. The summed E-state index contributed by atoms with van der Waals surface area (Å²) in [4.78, 5) is 24.2. The first-order valence-corrected chi connectivity index (χ1v) is 7.04. The standard InChI is InChI=1S/C15H18O4/c1-7-6-10(16)15-11(7)12-9(8(2)13(17)18-12)4-5-14(15,3)19-15/h6,8-9,11-12H,4-5H2,1-3H3/t8?,9-,11+,12-,14-,15+/m0/s1. The first-order valence-electron chi connectivity index (χ1n) is 7.04. The van der Waals surface area contributed by atoms with Crippen LogP contribution in [0.1, 0.15) is 33.6 Å². The molecular formula is C15H18O4. The topological polar surface area (TPSA) is 55.9 Å². The van der Waals surface area contributed by atoms with Crippen LogP contribution >= 0.6 is 0 Å². The van der Waals surface area contributed by atoms with Gasteiger partial charge < -0.3 is 9.47 Å². The van der Waals surface area contributed by atoms with Gasteiger partial charge in [0.2, 0.25) is 0 Å². The minimum Gasteiger partial charge on any atom is -0.461 e. The predicted octanol–water partition coefficient (Wildman–Crippen LogP) is 1.63. The van der Waals surface area contributed by atoms with Crippen molar-refractivity contribution in [2.75, 3.05) is 0 Å². The molecule has 2 heterocycles. The van der Waals surface area contributed by atoms with Crippen LogP contribution in [0.3, 0.4) is 0 Å². The summed E-state index contributed by atoms with van der Waals surface area (Å²) in [6, 6.07) is 0. The maximum absolute atomic E-state index is 12.4. The minimum absolute atomic E-state index is 0.0633. The molecule has 4 aliphatic rings. The number of hydrogen-bond donors (Lipinski definition) is 0. The van der Waals surface area contributed by atoms with Crippen LogP contribution in [-0.4, -0.2) is 29.1 Å². The summed E-state index contributed by atoms with van der Waals surface area (Å²) < 4.78 is 11.5. The third-order valence-electron chi connectivity index (χ3n) is 5.76. The Kier molecular flexibility index (Phi) is 1.91. The highest BCUT2D eigenvalue weighted by Gasteiger charge is 2.79. The van der Waals surface area contributed by atoms with E-state index in [4.69, 9.17) is 9.47 Å². The van der Waals surface area contributed by atoms with Gasteiger partial charge in [-0.1, -0.05) is 12.5 Å². The zero-order chi connectivity index (χ0) is 13.6. The predicted molar refractivity (Wildman–Crippen MR) is 66.2 cm³/mol. The molecule has 2 aliphatic heterocycles. The summed E-state index contributed by atoms with van der Waals surface area (Å²) in [6.07, 6.45) is 3.23. The Morgan fingerprint density at radius 3 is 2.84 bits per heavy atom. The molecule has 6 atom stereocenters. The summed E-state index contributed by atoms with van der Waals surface area (Å²) in [5.74, 6) is 0.0187. The minimum atomic E-state index is -0.735. The van der Waals surface area contributed by atoms with Crippen LogP contribution in [0.15, 0.2) is 11.6 Å². The molecule has 0 bridgehead atoms. The molecule has 3 fully saturated rings. The van der Waals surface area contributed by atoms with Crippen molar-refractivity contribution in [3.63, 3.8) is 0 Å². The summed E-state index contributed by atoms with van der Waals surface area (Å²) in [5.41, 5.74) is -0.0899. The molecule has 1 saturated carbocycles. The molecule has 1 spiro atoms. The van der Waals surface area contributed by atoms with Crippen LogP contribution in [0.25, 0.3) is 0 Å². The van der Waals surface area contributed by atoms with Crippen molar-refractivity contribution in [2.24, 2.45) is 17.8 Å². The van der Waals surface area contributed by atoms with Crippen molar-refractivity contribution < 1.29 is 19.1 Å². The van der Waals surface area contributed by atoms with Crippen LogP contribution in [-0.2, 0) is 19.1 Å². The summed E-state index contributed by atoms with van der Waals surface area (Å²) in [6.45, 7) is 5.92. The molecule has 102 valence electrons. The zero-order valence-corrected chi connectivity index (χ0v) is 11.4. The lowest BCUT2D eigenvalue weighted by Gasteiger charge is -2.26. The Labute approximate surface area is 112 Å². The molecular weight excluding hydrogens is 244 g/mol. The Morgan fingerprint density at radius 1 is 1.37 bits per heavy atom. The van der Waals surface area contributed by atoms with Gasteiger partial charge in [0, 0.05) is 5.92 Å². The number of fused-ring (bicyclic) bond motifs is 2. The van der Waals surface area contributed by atoms with E-state index in [0.717, 1.165) is 18.4 Å². The molecule has 1 unspecified atom stereocenters. The summed E-state index contributed by atoms with van der Waals surface area (Å²) in [7, 11) is 0. The van der Waals surface area contributed by atoms with Gasteiger partial charge in [-0.3, -0.25) is 9.59 Å². The molecule has 0 aromatic carbocycles. The second-order valence-corrected chi connectivity index (χ2v) is 6.69. The van der Waals surface area contributed by atoms with Gasteiger partial charge in [-0.25, -0.2) is 0 Å². The molecule has 0 aromatic heterocycles. The summed E-state index contributed by atoms with van der Waals surface area (Å²) in [5, 5.41) is 0. The number of carbonyl (C=O) groups is 2. The Bertz CT molecular complexity index is 536. The molecule has 0 radical (unpaired) electrons. The van der Waals surface area contributed by atoms with E-state index in [-0.39, 0.29) is 41.2 Å². The molecule has 0 aromatic rings. The highest BCUT2D eigenvalue weighted by atomic mass is 16.6. The van der Waals surface area contributed by atoms with Gasteiger partial charge in [0.05, 0.1) is 11.8 Å². The van der Waals surface area contributed by atoms with E-state index in [1.807, 2.05) is 20.8 Å². The van der Waals surface area contributed by atoms with Crippen LogP contribution in [0.5, 0.6) is 0 Å². The molecule has 4 nitrogen and oxygen atoms in total. The van der Waals surface area contributed by atoms with Crippen molar-refractivity contribution in [1.82, 2.24) is 0 Å². The van der Waals surface area contributed by atoms with Crippen molar-refractivity contribution in [2.45, 2.75) is 50.9 Å². The molecule has 4 rings (SSSR count). The monoisotopic (exact) mass is 262 g/mol. The average molecular weight is 262 g/mol. The molecule has 4 heteroatoms. The van der Waals surface area contributed by atoms with Crippen molar-refractivity contribution in [3.8, 4) is 0 Å². The normalized spacial score (nSPS) is 54.8. The van der Waals surface area contributed by atoms with E-state index in [2.05, 4.69) is 0 Å². The first kappa shape index (κ1) is 11.6. The average Bonchev–Trinajstić information content (AvgIpc) is 2.77. The fourth-order valence-electron chi connectivity index (χ4n) is 4.60. The second-order valence-electron chi connectivity index (χ2n) is 6.69. The van der Waals surface area contributed by atoms with Crippen molar-refractivity contribution in [1.29, 1.82) is 0 Å². The van der Waals surface area contributed by atoms with E-state index < -0.39 is 5.60 Å². The van der Waals surface area contributed by atoms with E-state index in [0.29, 0.717) is 0 Å². The third-order valence-corrected chi connectivity index (χ3v) is 5.76. The van der Waals surface area contributed by atoms with Crippen LogP contribution in [0.4, 0.5) is 0 Å². The lowest BCUT2D eigenvalue weighted by molar-refractivity contribution is -0.146. The Balaban J connectivity index is 1.83. The van der Waals surface area contributed by atoms with E-state index in [1.165, 1.54) is 0 Å². The first-order chi connectivity index (χ1) is 8.91. The van der Waals surface area contributed by atoms with Gasteiger partial charge in [-0.2, -0.15) is 0 Å². The molecule has 2 aliphatic carbocycles. The number of rotatable bonds is 0. The van der Waals surface area contributed by atoms with Gasteiger partial charge in [-0.15, -0.1) is 0 Å². The van der Waals surface area contributed by atoms with Crippen LogP contribution in [0, 0.1) is 17.8 Å². The van der Waals surface area contributed by atoms with Crippen LogP contribution in [0.2, 0.25) is 0 Å². The fourth-order valence-corrected chi connectivity index (χ4v) is 4.60. The summed E-state index contributed by atoms with van der Waals surface area (Å²) >= 11 is 0. The number of esters is 1. The number of epoxide rings is 1. The molecule has 2 saturated heterocycles. The molecule has 19 heavy (non-hydrogen) atoms. The third kappa shape index (κ3) is 1.11. The highest BCUT2D eigenvalue weighted by Crippen LogP contribution is 2.65. The second kappa shape index (κ2) is 3.11. The smallest absolute Gasteiger partial charge is 0.309 e. The SMILES string of the molecule is CC1=CC(=O)[C@]23O[C@@]2(C)CC[C@H]2C(C)C(=O)O[C@@H]2[C@@H]13. The molecule has 0 amide bonds. The van der Waals surface area contributed by atoms with Crippen molar-refractivity contribution in [3.05, 3.63) is 11.6 Å². The van der Waals surface area contributed by atoms with Gasteiger partial charge in [0.25, 0.3) is 0 Å². The van der Waals surface area contributed by atoms with Crippen LogP contribution < -0.4 is 0 Å². The zero-order valence-electron chi connectivity index (χ0n) is 11.4. The van der Waals surface area contributed by atoms with Gasteiger partial charge in [0.15, 0.2) is 11.4 Å². The van der Waals surface area contributed by atoms with Gasteiger partial charge >= 0.3 is 5.97 Å². The maximum Gasteiger partial charge on any atom is 0.309 e. The van der Waals surface area contributed by atoms with E-state index in [1.54, 1.807) is 6.08 Å². The number of carbonyl (C=O) groups excluding carboxylic acids is 2. The van der Waals surface area contributed by atoms with Gasteiger partial charge in [0.1, 0.15) is 11.7 Å². The lowest BCUT2D eigenvalue weighted by atomic mass is 9.77. The fraction of sp³-hybridized carbons (Fsp3) is 0.733. The van der Waals surface area contributed by atoms with E-state index >= 15 is 0 Å². The number of ketones is 1. The largest absolute Gasteiger partial charge is 0.461 e. The number of ether oxygens (including phenoxy) is 2. The van der Waals surface area contributed by atoms with Gasteiger partial charge in [-0.05, 0) is 32.8 Å². The number of hydrogen-bond acceptors (Lipinski definition) is 4. The Morgan fingerprint density at radius 2 is 2.11 bits per heavy atom. The van der Waals surface area contributed by atoms with E-state index in [9.17, 15) is 9.59 Å². The Hall–Kier alpha value is -1.16. The molecule has 0 N–H and O–H groups in total. The highest BCUT2D eigenvalue weighted by molar-refractivity contribution is 6.04.